The van der Waals surface area contributed by atoms with Crippen molar-refractivity contribution in [1.29, 1.82) is 0 Å². The molecule has 0 unspecified atom stereocenters. The number of carbonyl (C=O) groups excluding carboxylic acids is 2. The quantitative estimate of drug-likeness (QED) is 0.745. The van der Waals surface area contributed by atoms with Gasteiger partial charge in [-0.2, -0.15) is 0 Å². The van der Waals surface area contributed by atoms with Crippen molar-refractivity contribution in [2.45, 2.75) is 52.7 Å². The number of hydrogen-bond acceptors (Lipinski definition) is 6. The first-order valence-electron chi connectivity index (χ1n) is 6.84. The molecule has 1 aromatic heterocycles. The standard InChI is InChI=1S/C15H20BrClN2O4/c1-14(2,3)22-12(20)7-8(16)9(17)10(19-11(7)18)13(21)23-15(4,5)6/h1-6H3,(H2,18,19). The van der Waals surface area contributed by atoms with Gasteiger partial charge in [-0.25, -0.2) is 14.6 Å². The van der Waals surface area contributed by atoms with Crippen LogP contribution in [0.15, 0.2) is 4.47 Å². The molecule has 128 valence electrons. The van der Waals surface area contributed by atoms with Gasteiger partial charge in [0.05, 0.1) is 9.50 Å². The zero-order valence-electron chi connectivity index (χ0n) is 13.9. The Morgan fingerprint density at radius 3 is 1.91 bits per heavy atom. The topological polar surface area (TPSA) is 91.5 Å². The number of anilines is 1. The highest BCUT2D eigenvalue weighted by atomic mass is 79.9. The van der Waals surface area contributed by atoms with E-state index in [2.05, 4.69) is 20.9 Å². The number of ether oxygens (including phenoxy) is 2. The summed E-state index contributed by atoms with van der Waals surface area (Å²) in [7, 11) is 0. The highest BCUT2D eigenvalue weighted by molar-refractivity contribution is 9.10. The molecule has 1 heterocycles. The van der Waals surface area contributed by atoms with E-state index in [1.165, 1.54) is 0 Å². The second-order valence-corrected chi connectivity index (χ2v) is 8.02. The van der Waals surface area contributed by atoms with Crippen molar-refractivity contribution >= 4 is 45.3 Å². The van der Waals surface area contributed by atoms with Gasteiger partial charge in [0.1, 0.15) is 22.6 Å². The Balaban J connectivity index is 3.29. The van der Waals surface area contributed by atoms with Crippen molar-refractivity contribution in [3.8, 4) is 0 Å². The Morgan fingerprint density at radius 2 is 1.48 bits per heavy atom. The third-order valence-electron chi connectivity index (χ3n) is 2.30. The third-order valence-corrected chi connectivity index (χ3v) is 3.69. The number of hydrogen-bond donors (Lipinski definition) is 1. The summed E-state index contributed by atoms with van der Waals surface area (Å²) in [6, 6.07) is 0. The lowest BCUT2D eigenvalue weighted by molar-refractivity contribution is 0.00467. The van der Waals surface area contributed by atoms with Crippen LogP contribution in [0.2, 0.25) is 5.02 Å². The molecule has 0 radical (unpaired) electrons. The molecule has 0 atom stereocenters. The van der Waals surface area contributed by atoms with E-state index < -0.39 is 23.1 Å². The van der Waals surface area contributed by atoms with Gasteiger partial charge in [0.15, 0.2) is 5.69 Å². The first kappa shape index (κ1) is 19.7. The van der Waals surface area contributed by atoms with Gasteiger partial charge < -0.3 is 15.2 Å². The monoisotopic (exact) mass is 406 g/mol. The van der Waals surface area contributed by atoms with Crippen molar-refractivity contribution in [1.82, 2.24) is 4.98 Å². The summed E-state index contributed by atoms with van der Waals surface area (Å²) in [5, 5.41) is -0.0608. The van der Waals surface area contributed by atoms with Crippen molar-refractivity contribution in [2.75, 3.05) is 5.73 Å². The fourth-order valence-electron chi connectivity index (χ4n) is 1.54. The van der Waals surface area contributed by atoms with Gasteiger partial charge in [-0.05, 0) is 57.5 Å². The zero-order chi connectivity index (χ0) is 18.2. The number of halogens is 2. The largest absolute Gasteiger partial charge is 0.456 e. The lowest BCUT2D eigenvalue weighted by atomic mass is 10.1. The number of nitrogens with zero attached hydrogens (tertiary/aromatic N) is 1. The maximum Gasteiger partial charge on any atom is 0.359 e. The molecule has 0 amide bonds. The van der Waals surface area contributed by atoms with Crippen molar-refractivity contribution in [3.63, 3.8) is 0 Å². The summed E-state index contributed by atoms with van der Waals surface area (Å²) in [4.78, 5) is 28.3. The summed E-state index contributed by atoms with van der Waals surface area (Å²) in [5.41, 5.74) is 4.18. The average molecular weight is 408 g/mol. The molecule has 1 rings (SSSR count). The van der Waals surface area contributed by atoms with Crippen LogP contribution in [0.3, 0.4) is 0 Å². The van der Waals surface area contributed by atoms with Gasteiger partial charge in [-0.1, -0.05) is 11.6 Å². The second kappa shape index (κ2) is 6.65. The highest BCUT2D eigenvalue weighted by Gasteiger charge is 2.29. The molecule has 2 N–H and O–H groups in total. The Morgan fingerprint density at radius 1 is 1.04 bits per heavy atom. The van der Waals surface area contributed by atoms with E-state index in [1.807, 2.05) is 0 Å². The maximum absolute atomic E-state index is 12.2. The van der Waals surface area contributed by atoms with E-state index in [9.17, 15) is 9.59 Å². The number of rotatable bonds is 2. The zero-order valence-corrected chi connectivity index (χ0v) is 16.3. The lowest BCUT2D eigenvalue weighted by Gasteiger charge is -2.22. The Kier molecular flexibility index (Phi) is 5.70. The van der Waals surface area contributed by atoms with Crippen LogP contribution in [0.5, 0.6) is 0 Å². The van der Waals surface area contributed by atoms with Crippen LogP contribution in [0.25, 0.3) is 0 Å². The average Bonchev–Trinajstić information content (AvgIpc) is 2.29. The minimum atomic E-state index is -0.731. The van der Waals surface area contributed by atoms with E-state index >= 15 is 0 Å². The van der Waals surface area contributed by atoms with Crippen molar-refractivity contribution in [2.24, 2.45) is 0 Å². The molecule has 0 spiro atoms. The first-order valence-corrected chi connectivity index (χ1v) is 8.01. The SMILES string of the molecule is CC(C)(C)OC(=O)c1nc(N)c(C(=O)OC(C)(C)C)c(Br)c1Cl. The summed E-state index contributed by atoms with van der Waals surface area (Å²) in [6.45, 7) is 10.3. The van der Waals surface area contributed by atoms with Crippen LogP contribution in [-0.4, -0.2) is 28.1 Å². The number of esters is 2. The molecule has 0 bridgehead atoms. The minimum absolute atomic E-state index is 0.0303. The normalized spacial score (nSPS) is 12.0. The molecule has 8 heteroatoms. The van der Waals surface area contributed by atoms with Gasteiger partial charge in [-0.3, -0.25) is 0 Å². The Hall–Kier alpha value is -1.34. The third kappa shape index (κ3) is 5.35. The van der Waals surface area contributed by atoms with Gasteiger partial charge in [0, 0.05) is 0 Å². The van der Waals surface area contributed by atoms with E-state index in [0.717, 1.165) is 0 Å². The molecule has 0 aliphatic carbocycles. The van der Waals surface area contributed by atoms with Crippen molar-refractivity contribution < 1.29 is 19.1 Å². The highest BCUT2D eigenvalue weighted by Crippen LogP contribution is 2.34. The van der Waals surface area contributed by atoms with E-state index in [0.29, 0.717) is 0 Å². The number of aromatic nitrogens is 1. The van der Waals surface area contributed by atoms with E-state index in [-0.39, 0.29) is 26.6 Å². The molecule has 0 fully saturated rings. The lowest BCUT2D eigenvalue weighted by Crippen LogP contribution is -2.27. The number of pyridine rings is 1. The van der Waals surface area contributed by atoms with Crippen LogP contribution in [0, 0.1) is 0 Å². The fourth-order valence-corrected chi connectivity index (χ4v) is 2.30. The molecule has 0 aliphatic rings. The smallest absolute Gasteiger partial charge is 0.359 e. The molecule has 0 aromatic carbocycles. The van der Waals surface area contributed by atoms with E-state index in [4.69, 9.17) is 26.8 Å². The van der Waals surface area contributed by atoms with Crippen molar-refractivity contribution in [3.05, 3.63) is 20.8 Å². The number of carbonyl (C=O) groups is 2. The molecule has 0 saturated carbocycles. The molecule has 0 aliphatic heterocycles. The summed E-state index contributed by atoms with van der Waals surface area (Å²) in [6.07, 6.45) is 0. The van der Waals surface area contributed by atoms with Crippen LogP contribution >= 0.6 is 27.5 Å². The van der Waals surface area contributed by atoms with Crippen LogP contribution < -0.4 is 5.73 Å². The maximum atomic E-state index is 12.2. The predicted octanol–water partition coefficient (Wildman–Crippen LogP) is 3.99. The molecule has 23 heavy (non-hydrogen) atoms. The number of nitrogen functional groups attached to an aromatic ring is 1. The predicted molar refractivity (Wildman–Crippen MR) is 91.7 cm³/mol. The van der Waals surface area contributed by atoms with Gasteiger partial charge >= 0.3 is 11.9 Å². The Bertz CT molecular complexity index is 648. The van der Waals surface area contributed by atoms with Gasteiger partial charge in [0.25, 0.3) is 0 Å². The Labute approximate surface area is 148 Å². The van der Waals surface area contributed by atoms with Gasteiger partial charge in [-0.15, -0.1) is 0 Å². The minimum Gasteiger partial charge on any atom is -0.456 e. The molecule has 1 aromatic rings. The molecule has 0 saturated heterocycles. The van der Waals surface area contributed by atoms with Crippen LogP contribution in [0.4, 0.5) is 5.82 Å². The van der Waals surface area contributed by atoms with E-state index in [1.54, 1.807) is 41.5 Å². The van der Waals surface area contributed by atoms with Crippen LogP contribution in [-0.2, 0) is 9.47 Å². The summed E-state index contributed by atoms with van der Waals surface area (Å²) < 4.78 is 10.6. The number of nitrogens with two attached hydrogens (primary N) is 1. The van der Waals surface area contributed by atoms with Gasteiger partial charge in [0.2, 0.25) is 0 Å². The fraction of sp³-hybridized carbons (Fsp3) is 0.533. The summed E-state index contributed by atoms with van der Waals surface area (Å²) in [5.74, 6) is -1.59. The second-order valence-electron chi connectivity index (χ2n) is 6.85. The summed E-state index contributed by atoms with van der Waals surface area (Å²) >= 11 is 9.31. The molecular weight excluding hydrogens is 388 g/mol. The first-order chi connectivity index (χ1) is 10.2. The van der Waals surface area contributed by atoms with Crippen LogP contribution in [0.1, 0.15) is 62.4 Å². The molecular formula is C15H20BrClN2O4. The molecule has 6 nitrogen and oxygen atoms in total.